The molecule has 4 heteroatoms. The zero-order valence-corrected chi connectivity index (χ0v) is 11.8. The molecule has 0 saturated heterocycles. The molecule has 3 nitrogen and oxygen atoms in total. The molecule has 0 atom stereocenters. The van der Waals surface area contributed by atoms with Crippen molar-refractivity contribution in [1.29, 1.82) is 0 Å². The standard InChI is InChI=1S/C16H16ClNO2/c17-14-10-13(2-3-15(14)18)19-7-5-11-1-4-16-12(9-11)6-8-20-16/h1-4,9-10H,5-8,18H2. The van der Waals surface area contributed by atoms with Gasteiger partial charge in [-0.1, -0.05) is 23.7 Å². The van der Waals surface area contributed by atoms with E-state index in [-0.39, 0.29) is 0 Å². The van der Waals surface area contributed by atoms with Gasteiger partial charge >= 0.3 is 0 Å². The first-order valence-electron chi connectivity index (χ1n) is 6.65. The minimum absolute atomic E-state index is 0.525. The second-order valence-corrected chi connectivity index (χ2v) is 5.23. The molecule has 0 saturated carbocycles. The van der Waals surface area contributed by atoms with Gasteiger partial charge < -0.3 is 15.2 Å². The van der Waals surface area contributed by atoms with E-state index < -0.39 is 0 Å². The van der Waals surface area contributed by atoms with Crippen LogP contribution in [-0.4, -0.2) is 13.2 Å². The normalized spacial score (nSPS) is 12.8. The molecule has 1 aliphatic rings. The van der Waals surface area contributed by atoms with Crippen molar-refractivity contribution in [2.75, 3.05) is 18.9 Å². The molecule has 0 aliphatic carbocycles. The third-order valence-corrected chi connectivity index (χ3v) is 3.71. The van der Waals surface area contributed by atoms with Gasteiger partial charge in [-0.15, -0.1) is 0 Å². The van der Waals surface area contributed by atoms with Crippen molar-refractivity contribution < 1.29 is 9.47 Å². The second-order valence-electron chi connectivity index (χ2n) is 4.82. The van der Waals surface area contributed by atoms with Crippen molar-refractivity contribution >= 4 is 17.3 Å². The summed E-state index contributed by atoms with van der Waals surface area (Å²) < 4.78 is 11.2. The second kappa shape index (κ2) is 5.63. The molecule has 0 bridgehead atoms. The first-order chi connectivity index (χ1) is 9.72. The van der Waals surface area contributed by atoms with E-state index in [4.69, 9.17) is 26.8 Å². The smallest absolute Gasteiger partial charge is 0.122 e. The Morgan fingerprint density at radius 2 is 2.10 bits per heavy atom. The fourth-order valence-corrected chi connectivity index (χ4v) is 2.45. The highest BCUT2D eigenvalue weighted by atomic mass is 35.5. The Morgan fingerprint density at radius 3 is 2.95 bits per heavy atom. The maximum Gasteiger partial charge on any atom is 0.122 e. The van der Waals surface area contributed by atoms with Gasteiger partial charge in [0.1, 0.15) is 11.5 Å². The highest BCUT2D eigenvalue weighted by Gasteiger charge is 2.11. The first-order valence-corrected chi connectivity index (χ1v) is 7.02. The van der Waals surface area contributed by atoms with Gasteiger partial charge in [0.15, 0.2) is 0 Å². The number of hydrogen-bond acceptors (Lipinski definition) is 3. The fraction of sp³-hybridized carbons (Fsp3) is 0.250. The van der Waals surface area contributed by atoms with Gasteiger partial charge in [0.2, 0.25) is 0 Å². The number of halogens is 1. The zero-order chi connectivity index (χ0) is 13.9. The highest BCUT2D eigenvalue weighted by Crippen LogP contribution is 2.27. The van der Waals surface area contributed by atoms with Gasteiger partial charge in [-0.2, -0.15) is 0 Å². The number of hydrogen-bond donors (Lipinski definition) is 1. The molecule has 2 aromatic rings. The molecule has 0 unspecified atom stereocenters. The molecule has 1 heterocycles. The van der Waals surface area contributed by atoms with E-state index >= 15 is 0 Å². The molecule has 2 aromatic carbocycles. The van der Waals surface area contributed by atoms with Gasteiger partial charge in [0.05, 0.1) is 23.9 Å². The summed E-state index contributed by atoms with van der Waals surface area (Å²) in [5, 5.41) is 0.525. The lowest BCUT2D eigenvalue weighted by Crippen LogP contribution is -2.02. The van der Waals surface area contributed by atoms with Gasteiger partial charge in [-0.05, 0) is 29.3 Å². The Labute approximate surface area is 123 Å². The van der Waals surface area contributed by atoms with E-state index in [2.05, 4.69) is 12.1 Å². The van der Waals surface area contributed by atoms with Gasteiger partial charge in [-0.25, -0.2) is 0 Å². The van der Waals surface area contributed by atoms with Crippen molar-refractivity contribution in [3.05, 3.63) is 52.5 Å². The van der Waals surface area contributed by atoms with Crippen LogP contribution < -0.4 is 15.2 Å². The summed E-state index contributed by atoms with van der Waals surface area (Å²) in [7, 11) is 0. The molecule has 20 heavy (non-hydrogen) atoms. The lowest BCUT2D eigenvalue weighted by Gasteiger charge is -2.08. The van der Waals surface area contributed by atoms with Crippen LogP contribution in [0.15, 0.2) is 36.4 Å². The van der Waals surface area contributed by atoms with E-state index in [1.807, 2.05) is 12.1 Å². The molecule has 0 amide bonds. The third kappa shape index (κ3) is 2.83. The number of nitrogens with two attached hydrogens (primary N) is 1. The molecule has 2 N–H and O–H groups in total. The molecule has 3 rings (SSSR count). The molecule has 0 aromatic heterocycles. The summed E-state index contributed by atoms with van der Waals surface area (Å²) in [5.74, 6) is 1.76. The van der Waals surface area contributed by atoms with Crippen LogP contribution in [0.2, 0.25) is 5.02 Å². The van der Waals surface area contributed by atoms with Crippen LogP contribution >= 0.6 is 11.6 Å². The molecule has 0 fully saturated rings. The average Bonchev–Trinajstić information content (AvgIpc) is 2.90. The maximum atomic E-state index is 5.95. The molecule has 0 radical (unpaired) electrons. The van der Waals surface area contributed by atoms with Crippen molar-refractivity contribution in [3.8, 4) is 11.5 Å². The van der Waals surface area contributed by atoms with Crippen molar-refractivity contribution in [2.45, 2.75) is 12.8 Å². The quantitative estimate of drug-likeness (QED) is 0.877. The van der Waals surface area contributed by atoms with E-state index in [9.17, 15) is 0 Å². The van der Waals surface area contributed by atoms with Crippen LogP contribution in [0.3, 0.4) is 0 Å². The number of ether oxygens (including phenoxy) is 2. The number of fused-ring (bicyclic) bond motifs is 1. The molecular formula is C16H16ClNO2. The number of rotatable bonds is 4. The monoisotopic (exact) mass is 289 g/mol. The van der Waals surface area contributed by atoms with Gasteiger partial charge in [-0.3, -0.25) is 0 Å². The van der Waals surface area contributed by atoms with Crippen LogP contribution in [0.5, 0.6) is 11.5 Å². The Balaban J connectivity index is 1.58. The lowest BCUT2D eigenvalue weighted by atomic mass is 10.1. The largest absolute Gasteiger partial charge is 0.493 e. The summed E-state index contributed by atoms with van der Waals surface area (Å²) in [6.07, 6.45) is 1.85. The number of nitrogen functional groups attached to an aromatic ring is 1. The van der Waals surface area contributed by atoms with Gasteiger partial charge in [0.25, 0.3) is 0 Å². The predicted octanol–water partition coefficient (Wildman–Crippen LogP) is 3.48. The molecule has 104 valence electrons. The van der Waals surface area contributed by atoms with Crippen molar-refractivity contribution in [3.63, 3.8) is 0 Å². The van der Waals surface area contributed by atoms with Crippen LogP contribution in [0.1, 0.15) is 11.1 Å². The number of benzene rings is 2. The summed E-state index contributed by atoms with van der Waals surface area (Å²) in [4.78, 5) is 0. The summed E-state index contributed by atoms with van der Waals surface area (Å²) >= 11 is 5.95. The lowest BCUT2D eigenvalue weighted by molar-refractivity contribution is 0.322. The number of anilines is 1. The molecule has 0 spiro atoms. The van der Waals surface area contributed by atoms with E-state index in [0.29, 0.717) is 17.3 Å². The van der Waals surface area contributed by atoms with Crippen LogP contribution in [0.25, 0.3) is 0 Å². The van der Waals surface area contributed by atoms with Crippen LogP contribution in [-0.2, 0) is 12.8 Å². The summed E-state index contributed by atoms with van der Waals surface area (Å²) in [5.41, 5.74) is 8.78. The maximum absolute atomic E-state index is 5.95. The molecular weight excluding hydrogens is 274 g/mol. The predicted molar refractivity (Wildman–Crippen MR) is 80.7 cm³/mol. The Hall–Kier alpha value is -1.87. The Morgan fingerprint density at radius 1 is 1.20 bits per heavy atom. The summed E-state index contributed by atoms with van der Waals surface area (Å²) in [6.45, 7) is 1.40. The fourth-order valence-electron chi connectivity index (χ4n) is 2.28. The average molecular weight is 290 g/mol. The first kappa shape index (κ1) is 13.1. The third-order valence-electron chi connectivity index (χ3n) is 3.39. The SMILES string of the molecule is Nc1ccc(OCCc2ccc3c(c2)CCO3)cc1Cl. The van der Waals surface area contributed by atoms with Crippen LogP contribution in [0, 0.1) is 0 Å². The minimum atomic E-state index is 0.525. The van der Waals surface area contributed by atoms with E-state index in [1.165, 1.54) is 11.1 Å². The Bertz CT molecular complexity index is 628. The summed E-state index contributed by atoms with van der Waals surface area (Å²) in [6, 6.07) is 11.7. The van der Waals surface area contributed by atoms with E-state index in [0.717, 1.165) is 30.9 Å². The molecule has 1 aliphatic heterocycles. The van der Waals surface area contributed by atoms with Crippen molar-refractivity contribution in [2.24, 2.45) is 0 Å². The minimum Gasteiger partial charge on any atom is -0.493 e. The van der Waals surface area contributed by atoms with E-state index in [1.54, 1.807) is 12.1 Å². The highest BCUT2D eigenvalue weighted by molar-refractivity contribution is 6.33. The zero-order valence-electron chi connectivity index (χ0n) is 11.1. The van der Waals surface area contributed by atoms with Crippen LogP contribution in [0.4, 0.5) is 5.69 Å². The van der Waals surface area contributed by atoms with Crippen molar-refractivity contribution in [1.82, 2.24) is 0 Å². The van der Waals surface area contributed by atoms with Gasteiger partial charge in [0, 0.05) is 18.9 Å². The Kier molecular flexibility index (Phi) is 3.70. The topological polar surface area (TPSA) is 44.5 Å².